The zero-order valence-corrected chi connectivity index (χ0v) is 7.07. The van der Waals surface area contributed by atoms with Crippen LogP contribution in [0.3, 0.4) is 0 Å². The van der Waals surface area contributed by atoms with Crippen LogP contribution >= 0.6 is 0 Å². The van der Waals surface area contributed by atoms with E-state index in [0.29, 0.717) is 25.7 Å². The molecule has 12 heavy (non-hydrogen) atoms. The first kappa shape index (κ1) is 11.4. The number of aliphatic hydroxyl groups is 2. The van der Waals surface area contributed by atoms with Crippen LogP contribution in [0.15, 0.2) is 0 Å². The Hall–Kier alpha value is -0.610. The summed E-state index contributed by atoms with van der Waals surface area (Å²) < 4.78 is 0. The summed E-state index contributed by atoms with van der Waals surface area (Å²) in [6.45, 7) is -0.0138. The van der Waals surface area contributed by atoms with Crippen molar-refractivity contribution >= 4 is 5.97 Å². The molecule has 0 aliphatic rings. The molecule has 0 heterocycles. The first-order valence-corrected chi connectivity index (χ1v) is 4.17. The average Bonchev–Trinajstić information content (AvgIpc) is 1.98. The summed E-state index contributed by atoms with van der Waals surface area (Å²) >= 11 is 0. The summed E-state index contributed by atoms with van der Waals surface area (Å²) in [5, 5.41) is 25.8. The van der Waals surface area contributed by atoms with Gasteiger partial charge in [-0.15, -0.1) is 0 Å². The van der Waals surface area contributed by atoms with Gasteiger partial charge in [0.15, 0.2) is 0 Å². The van der Waals surface area contributed by atoms with Crippen LogP contribution in [0.25, 0.3) is 0 Å². The molecule has 0 aliphatic carbocycles. The molecule has 0 aromatic heterocycles. The first-order valence-electron chi connectivity index (χ1n) is 4.17. The highest BCUT2D eigenvalue weighted by molar-refractivity contribution is 5.66. The third-order valence-corrected chi connectivity index (χ3v) is 1.64. The third-order valence-electron chi connectivity index (χ3n) is 1.64. The number of hydrogen-bond donors (Lipinski definition) is 3. The van der Waals surface area contributed by atoms with Gasteiger partial charge in [-0.05, 0) is 19.3 Å². The van der Waals surface area contributed by atoms with Crippen LogP contribution in [0.1, 0.15) is 32.1 Å². The Morgan fingerprint density at radius 1 is 1.25 bits per heavy atom. The van der Waals surface area contributed by atoms with Crippen molar-refractivity contribution < 1.29 is 20.1 Å². The highest BCUT2D eigenvalue weighted by atomic mass is 16.4. The molecule has 0 aromatic carbocycles. The summed E-state index contributed by atoms with van der Waals surface area (Å²) in [5.74, 6) is -0.799. The first-order chi connectivity index (χ1) is 5.66. The molecule has 0 rings (SSSR count). The van der Waals surface area contributed by atoms with Crippen LogP contribution in [0.5, 0.6) is 0 Å². The fraction of sp³-hybridized carbons (Fsp3) is 0.875. The largest absolute Gasteiger partial charge is 0.481 e. The molecule has 0 fully saturated rings. The van der Waals surface area contributed by atoms with Crippen molar-refractivity contribution in [1.82, 2.24) is 0 Å². The normalized spacial score (nSPS) is 12.8. The lowest BCUT2D eigenvalue weighted by molar-refractivity contribution is -0.137. The lowest BCUT2D eigenvalue weighted by Crippen LogP contribution is -2.08. The lowest BCUT2D eigenvalue weighted by Gasteiger charge is -2.06. The minimum absolute atomic E-state index is 0.0138. The van der Waals surface area contributed by atoms with Crippen molar-refractivity contribution in [3.8, 4) is 0 Å². The van der Waals surface area contributed by atoms with E-state index >= 15 is 0 Å². The predicted octanol–water partition coefficient (Wildman–Crippen LogP) is 0.375. The molecule has 0 aliphatic heterocycles. The SMILES string of the molecule is O=C(O)CCCC[C@H](O)CCO. The molecule has 0 radical (unpaired) electrons. The van der Waals surface area contributed by atoms with E-state index < -0.39 is 12.1 Å². The van der Waals surface area contributed by atoms with Crippen molar-refractivity contribution in [2.75, 3.05) is 6.61 Å². The van der Waals surface area contributed by atoms with Crippen molar-refractivity contribution in [3.05, 3.63) is 0 Å². The van der Waals surface area contributed by atoms with Gasteiger partial charge in [-0.25, -0.2) is 0 Å². The maximum Gasteiger partial charge on any atom is 0.303 e. The summed E-state index contributed by atoms with van der Waals surface area (Å²) in [6.07, 6.45) is 1.93. The van der Waals surface area contributed by atoms with Gasteiger partial charge in [-0.3, -0.25) is 4.79 Å². The second-order valence-corrected chi connectivity index (χ2v) is 2.81. The van der Waals surface area contributed by atoms with Gasteiger partial charge in [-0.2, -0.15) is 0 Å². The highest BCUT2D eigenvalue weighted by Crippen LogP contribution is 2.05. The Bertz CT molecular complexity index is 124. The van der Waals surface area contributed by atoms with E-state index in [0.717, 1.165) is 0 Å². The van der Waals surface area contributed by atoms with E-state index in [-0.39, 0.29) is 13.0 Å². The maximum absolute atomic E-state index is 10.1. The molecule has 0 spiro atoms. The van der Waals surface area contributed by atoms with Crippen LogP contribution in [0.4, 0.5) is 0 Å². The number of aliphatic carboxylic acids is 1. The quantitative estimate of drug-likeness (QED) is 0.490. The molecule has 1 atom stereocenters. The number of rotatable bonds is 7. The Balaban J connectivity index is 3.13. The molecular weight excluding hydrogens is 160 g/mol. The zero-order chi connectivity index (χ0) is 9.40. The second kappa shape index (κ2) is 7.06. The van der Waals surface area contributed by atoms with Gasteiger partial charge in [0.25, 0.3) is 0 Å². The molecule has 0 unspecified atom stereocenters. The molecule has 72 valence electrons. The number of hydrogen-bond acceptors (Lipinski definition) is 3. The van der Waals surface area contributed by atoms with Crippen molar-refractivity contribution in [3.63, 3.8) is 0 Å². The van der Waals surface area contributed by atoms with Crippen LogP contribution in [0.2, 0.25) is 0 Å². The molecule has 0 aromatic rings. The minimum Gasteiger partial charge on any atom is -0.481 e. The summed E-state index contributed by atoms with van der Waals surface area (Å²) in [6, 6.07) is 0. The van der Waals surface area contributed by atoms with E-state index in [1.807, 2.05) is 0 Å². The van der Waals surface area contributed by atoms with Crippen LogP contribution in [-0.4, -0.2) is 34.0 Å². The van der Waals surface area contributed by atoms with E-state index in [2.05, 4.69) is 0 Å². The Labute approximate surface area is 71.8 Å². The molecular formula is C8H16O4. The fourth-order valence-corrected chi connectivity index (χ4v) is 0.950. The third kappa shape index (κ3) is 7.50. The lowest BCUT2D eigenvalue weighted by atomic mass is 10.1. The van der Waals surface area contributed by atoms with E-state index in [1.54, 1.807) is 0 Å². The molecule has 0 bridgehead atoms. The highest BCUT2D eigenvalue weighted by Gasteiger charge is 2.03. The monoisotopic (exact) mass is 176 g/mol. The van der Waals surface area contributed by atoms with Crippen molar-refractivity contribution in [2.24, 2.45) is 0 Å². The van der Waals surface area contributed by atoms with Crippen LogP contribution in [0, 0.1) is 0 Å². The fourth-order valence-electron chi connectivity index (χ4n) is 0.950. The van der Waals surface area contributed by atoms with Gasteiger partial charge < -0.3 is 15.3 Å². The van der Waals surface area contributed by atoms with E-state index in [4.69, 9.17) is 15.3 Å². The van der Waals surface area contributed by atoms with Gasteiger partial charge in [-0.1, -0.05) is 6.42 Å². The van der Waals surface area contributed by atoms with Gasteiger partial charge >= 0.3 is 5.97 Å². The zero-order valence-electron chi connectivity index (χ0n) is 7.07. The molecule has 0 saturated carbocycles. The van der Waals surface area contributed by atoms with Crippen LogP contribution in [-0.2, 0) is 4.79 Å². The minimum atomic E-state index is -0.799. The Morgan fingerprint density at radius 3 is 2.42 bits per heavy atom. The number of carboxylic acid groups (broad SMARTS) is 1. The Kier molecular flexibility index (Phi) is 6.70. The Morgan fingerprint density at radius 2 is 1.92 bits per heavy atom. The molecule has 3 N–H and O–H groups in total. The van der Waals surface area contributed by atoms with Crippen LogP contribution < -0.4 is 0 Å². The number of carboxylic acids is 1. The maximum atomic E-state index is 10.1. The summed E-state index contributed by atoms with van der Waals surface area (Å²) in [5.41, 5.74) is 0. The van der Waals surface area contributed by atoms with Gasteiger partial charge in [0.1, 0.15) is 0 Å². The summed E-state index contributed by atoms with van der Waals surface area (Å²) in [4.78, 5) is 10.1. The molecule has 0 saturated heterocycles. The van der Waals surface area contributed by atoms with Gasteiger partial charge in [0.2, 0.25) is 0 Å². The summed E-state index contributed by atoms with van der Waals surface area (Å²) in [7, 11) is 0. The average molecular weight is 176 g/mol. The predicted molar refractivity (Wildman–Crippen MR) is 43.8 cm³/mol. The number of carbonyl (C=O) groups is 1. The van der Waals surface area contributed by atoms with Crippen molar-refractivity contribution in [1.29, 1.82) is 0 Å². The van der Waals surface area contributed by atoms with Gasteiger partial charge in [0, 0.05) is 13.0 Å². The smallest absolute Gasteiger partial charge is 0.303 e. The molecule has 4 heteroatoms. The van der Waals surface area contributed by atoms with E-state index in [9.17, 15) is 4.79 Å². The second-order valence-electron chi connectivity index (χ2n) is 2.81. The standard InChI is InChI=1S/C8H16O4/c9-6-5-7(10)3-1-2-4-8(11)12/h7,9-10H,1-6H2,(H,11,12)/t7-/m0/s1. The van der Waals surface area contributed by atoms with Crippen molar-refractivity contribution in [2.45, 2.75) is 38.2 Å². The number of aliphatic hydroxyl groups excluding tert-OH is 2. The number of unbranched alkanes of at least 4 members (excludes halogenated alkanes) is 1. The topological polar surface area (TPSA) is 77.8 Å². The molecule has 0 amide bonds. The van der Waals surface area contributed by atoms with Gasteiger partial charge in [0.05, 0.1) is 6.10 Å². The molecule has 4 nitrogen and oxygen atoms in total. The van der Waals surface area contributed by atoms with E-state index in [1.165, 1.54) is 0 Å².